The van der Waals surface area contributed by atoms with Crippen molar-refractivity contribution in [1.29, 1.82) is 0 Å². The number of rotatable bonds is 5. The van der Waals surface area contributed by atoms with E-state index in [9.17, 15) is 0 Å². The Morgan fingerprint density at radius 1 is 0.458 bits per heavy atom. The zero-order chi connectivity index (χ0) is 46.7. The summed E-state index contributed by atoms with van der Waals surface area (Å²) in [5.74, 6) is 0. The maximum atomic E-state index is 3.33. The van der Waals surface area contributed by atoms with Crippen LogP contribution in [0.4, 0.5) is 0 Å². The van der Waals surface area contributed by atoms with Crippen molar-refractivity contribution in [1.82, 2.24) is 0 Å². The van der Waals surface area contributed by atoms with Gasteiger partial charge in [0.1, 0.15) is 0 Å². The van der Waals surface area contributed by atoms with Gasteiger partial charge in [0.2, 0.25) is 0 Å². The maximum absolute atomic E-state index is 3.33. The monoisotopic (exact) mass is 963 g/mol. The molecule has 0 unspecified atom stereocenters. The molecular formula is C52H96GeSi6. The molecule has 0 aliphatic carbocycles. The molecule has 59 heavy (non-hydrogen) atoms. The van der Waals surface area contributed by atoms with E-state index in [4.69, 9.17) is 0 Å². The first-order valence-corrected chi connectivity index (χ1v) is 42.3. The van der Waals surface area contributed by atoms with Gasteiger partial charge in [0.15, 0.2) is 0 Å². The van der Waals surface area contributed by atoms with Crippen LogP contribution in [0.1, 0.15) is 177 Å². The first-order valence-electron chi connectivity index (χ1n) is 23.0. The Morgan fingerprint density at radius 3 is 1.02 bits per heavy atom. The number of hydrogen-bond donors (Lipinski definition) is 0. The van der Waals surface area contributed by atoms with Gasteiger partial charge in [-0.2, -0.15) is 0 Å². The summed E-state index contributed by atoms with van der Waals surface area (Å²) in [4.78, 5) is 2.96. The van der Waals surface area contributed by atoms with Crippen molar-refractivity contribution in [3.8, 4) is 0 Å². The summed E-state index contributed by atoms with van der Waals surface area (Å²) in [7, 11) is -8.17. The van der Waals surface area contributed by atoms with Gasteiger partial charge < -0.3 is 0 Å². The molecule has 2 aromatic carbocycles. The van der Waals surface area contributed by atoms with E-state index in [0.29, 0.717) is 10.1 Å². The average molecular weight is 962 g/mol. The van der Waals surface area contributed by atoms with E-state index in [1.807, 2.05) is 5.20 Å². The molecule has 0 saturated heterocycles. The Balaban J connectivity index is 0.00000106. The third-order valence-corrected chi connectivity index (χ3v) is 116. The van der Waals surface area contributed by atoms with Crippen LogP contribution >= 0.6 is 0 Å². The Kier molecular flexibility index (Phi) is 16.4. The zero-order valence-electron chi connectivity index (χ0n) is 44.4. The molecule has 0 atom stereocenters. The summed E-state index contributed by atoms with van der Waals surface area (Å²) in [6, 6.07) is 23.8. The topological polar surface area (TPSA) is 0 Å². The van der Waals surface area contributed by atoms with Gasteiger partial charge in [0.05, 0.1) is 8.80 Å². The van der Waals surface area contributed by atoms with Gasteiger partial charge in [-0.05, 0) is 10.1 Å². The van der Waals surface area contributed by atoms with Crippen LogP contribution in [0, 0.1) is 0 Å². The van der Waals surface area contributed by atoms with Crippen LogP contribution in [0.25, 0.3) is 9.60 Å². The van der Waals surface area contributed by atoms with Crippen molar-refractivity contribution in [2.24, 2.45) is 0 Å². The van der Waals surface area contributed by atoms with Crippen molar-refractivity contribution < 1.29 is 0 Å². The summed E-state index contributed by atoms with van der Waals surface area (Å²) >= 11 is -0.538. The number of benzene rings is 2. The Hall–Kier alpha value is -0.236. The van der Waals surface area contributed by atoms with E-state index >= 15 is 0 Å². The third kappa shape index (κ3) is 10.0. The molecule has 0 N–H and O–H groups in total. The van der Waals surface area contributed by atoms with Crippen LogP contribution in [-0.2, 0) is 0 Å². The molecule has 0 bridgehead atoms. The molecule has 0 nitrogen and oxygen atoms in total. The van der Waals surface area contributed by atoms with Crippen molar-refractivity contribution in [3.05, 3.63) is 82.4 Å². The van der Waals surface area contributed by atoms with Gasteiger partial charge in [-0.1, -0.05) is 48.1 Å². The molecular weight excluding hydrogens is 866 g/mol. The molecule has 2 aromatic rings. The molecule has 3 rings (SSSR count). The van der Waals surface area contributed by atoms with Gasteiger partial charge in [0, 0.05) is 0 Å². The molecule has 4 radical (unpaired) electrons. The molecule has 1 aliphatic heterocycles. The largest absolute Gasteiger partial charge is 0.0703 e. The van der Waals surface area contributed by atoms with Gasteiger partial charge in [0.25, 0.3) is 0 Å². The van der Waals surface area contributed by atoms with Crippen LogP contribution in [0.3, 0.4) is 0 Å². The third-order valence-electron chi connectivity index (χ3n) is 16.9. The number of hydrogen-bond acceptors (Lipinski definition) is 0. The van der Waals surface area contributed by atoms with Crippen molar-refractivity contribution >= 4 is 71.1 Å². The molecule has 0 fully saturated rings. The molecule has 7 heteroatoms. The average Bonchev–Trinajstić information content (AvgIpc) is 3.22. The van der Waals surface area contributed by atoms with E-state index in [2.05, 4.69) is 264 Å². The van der Waals surface area contributed by atoms with Gasteiger partial charge in [-0.15, -0.1) is 0 Å². The normalized spacial score (nSPS) is 17.5. The second-order valence-electron chi connectivity index (χ2n) is 27.2. The summed E-state index contributed by atoms with van der Waals surface area (Å²) in [5.41, 5.74) is 6.40. The van der Waals surface area contributed by atoms with Crippen LogP contribution in [-0.4, -0.2) is 61.5 Å². The van der Waals surface area contributed by atoms with Gasteiger partial charge in [-0.25, -0.2) is 0 Å². The molecule has 332 valence electrons. The second kappa shape index (κ2) is 17.6. The standard InChI is InChI=1S/C43H75GeSi5.C9H21Si/c1-38(2,3)46(19,39(4,5)6)45-37(35-30-26-23-27-31-35)32-44-36(34-28-24-22-25-29-34)33-49(45,47(20,40(7,8)9)41(10,11)12)48(21,42(13,14)15)43(16,17)18;1-8(2,3)10(7)9(4,5)6/h22-33H,1-21H3;1-7H3. The van der Waals surface area contributed by atoms with Crippen molar-refractivity contribution in [2.45, 2.75) is 233 Å². The fourth-order valence-electron chi connectivity index (χ4n) is 12.0. The molecule has 0 saturated carbocycles. The minimum absolute atomic E-state index is 0.221. The molecule has 0 amide bonds. The van der Waals surface area contributed by atoms with Crippen LogP contribution in [0.2, 0.25) is 66.5 Å². The van der Waals surface area contributed by atoms with Gasteiger partial charge in [-0.3, -0.25) is 0 Å². The van der Waals surface area contributed by atoms with Gasteiger partial charge >= 0.3 is 319 Å². The minimum Gasteiger partial charge on any atom is -0.0703 e. The Morgan fingerprint density at radius 2 is 0.763 bits per heavy atom. The van der Waals surface area contributed by atoms with Crippen LogP contribution < -0.4 is 0 Å². The minimum atomic E-state index is -2.52. The second-order valence-corrected chi connectivity index (χ2v) is 77.8. The van der Waals surface area contributed by atoms with Crippen LogP contribution in [0.15, 0.2) is 71.3 Å². The smallest absolute Gasteiger partial charge is 0.0561 e. The molecule has 0 aromatic heterocycles. The fourth-order valence-corrected chi connectivity index (χ4v) is 166. The van der Waals surface area contributed by atoms with E-state index in [0.717, 1.165) is 0 Å². The van der Waals surface area contributed by atoms with Crippen LogP contribution in [0.5, 0.6) is 0 Å². The van der Waals surface area contributed by atoms with E-state index in [1.165, 1.54) is 5.56 Å². The predicted octanol–water partition coefficient (Wildman–Crippen LogP) is 17.9. The van der Waals surface area contributed by atoms with E-state index in [1.54, 1.807) is 9.97 Å². The summed E-state index contributed by atoms with van der Waals surface area (Å²) in [6.45, 7) is 71.8. The maximum Gasteiger partial charge on any atom is 0.0561 e. The predicted molar refractivity (Wildman–Crippen MR) is 290 cm³/mol. The van der Waals surface area contributed by atoms with E-state index < -0.39 is 52.7 Å². The van der Waals surface area contributed by atoms with Crippen molar-refractivity contribution in [2.75, 3.05) is 0 Å². The first-order chi connectivity index (χ1) is 25.9. The zero-order valence-corrected chi connectivity index (χ0v) is 52.5. The van der Waals surface area contributed by atoms with E-state index in [-0.39, 0.29) is 39.0 Å². The summed E-state index contributed by atoms with van der Waals surface area (Å²) in [5, 5.41) is 4.37. The summed E-state index contributed by atoms with van der Waals surface area (Å²) < 4.78 is 1.76. The summed E-state index contributed by atoms with van der Waals surface area (Å²) in [6.07, 6.45) is 0. The molecule has 0 spiro atoms. The Bertz CT molecular complexity index is 1660. The molecule has 1 heterocycles. The fraction of sp³-hybridized carbons (Fsp3) is 0.692. The Labute approximate surface area is 383 Å². The molecule has 1 aliphatic rings. The SMILES string of the molecule is CC(C)(C)[Si](C)([Si]1C(c2ccccc2)=[CH][Ge][C](c2ccccc2)=C[Si]1([Si](C)(C(C)(C)C)C(C)(C)C)[Si](C)(C(C)(C)C)C(C)(C)C)C(C)(C)C.C[Si](C(C)(C)C)C(C)(C)C. The van der Waals surface area contributed by atoms with Crippen molar-refractivity contribution in [3.63, 3.8) is 0 Å². The first kappa shape index (κ1) is 54.9. The quantitative estimate of drug-likeness (QED) is 0.262.